The number of anilines is 2. The van der Waals surface area contributed by atoms with Crippen LogP contribution in [0, 0.1) is 0 Å². The number of hydrogen-bond donors (Lipinski definition) is 2. The van der Waals surface area contributed by atoms with Crippen LogP contribution in [0.1, 0.15) is 74.6 Å². The Kier molecular flexibility index (Phi) is 7.95. The van der Waals surface area contributed by atoms with Gasteiger partial charge in [0.2, 0.25) is 11.8 Å². The van der Waals surface area contributed by atoms with Crippen molar-refractivity contribution in [1.82, 2.24) is 30.2 Å². The Bertz CT molecular complexity index is 1090. The fourth-order valence-electron chi connectivity index (χ4n) is 5.65. The first-order valence-corrected chi connectivity index (χ1v) is 13.6. The van der Waals surface area contributed by atoms with Crippen molar-refractivity contribution in [2.24, 2.45) is 0 Å². The highest BCUT2D eigenvalue weighted by Gasteiger charge is 2.27. The molecule has 10 heteroatoms. The quantitative estimate of drug-likeness (QED) is 0.544. The molecule has 38 heavy (non-hydrogen) atoms. The van der Waals surface area contributed by atoms with E-state index in [-0.39, 0.29) is 23.7 Å². The molecule has 2 N–H and O–H groups in total. The Morgan fingerprint density at radius 1 is 0.737 bits per heavy atom. The van der Waals surface area contributed by atoms with Crippen molar-refractivity contribution in [2.75, 3.05) is 36.8 Å². The lowest BCUT2D eigenvalue weighted by atomic mass is 9.78. The minimum absolute atomic E-state index is 0.104. The summed E-state index contributed by atoms with van der Waals surface area (Å²) >= 11 is 0. The second-order valence-corrected chi connectivity index (χ2v) is 10.5. The highest BCUT2D eigenvalue weighted by Crippen LogP contribution is 2.40. The number of rotatable bonds is 8. The van der Waals surface area contributed by atoms with Crippen molar-refractivity contribution in [2.45, 2.75) is 63.2 Å². The molecule has 10 nitrogen and oxygen atoms in total. The molecule has 0 bridgehead atoms. The van der Waals surface area contributed by atoms with E-state index in [1.807, 2.05) is 34.1 Å². The Balaban J connectivity index is 1.12. The molecule has 2 aliphatic heterocycles. The van der Waals surface area contributed by atoms with Gasteiger partial charge in [0.15, 0.2) is 11.6 Å². The van der Waals surface area contributed by atoms with E-state index in [0.717, 1.165) is 87.2 Å². The number of carbonyl (C=O) groups excluding carboxylic acids is 2. The van der Waals surface area contributed by atoms with Gasteiger partial charge < -0.3 is 20.4 Å². The second kappa shape index (κ2) is 11.7. The van der Waals surface area contributed by atoms with E-state index in [1.54, 1.807) is 0 Å². The van der Waals surface area contributed by atoms with Crippen molar-refractivity contribution in [3.63, 3.8) is 0 Å². The van der Waals surface area contributed by atoms with E-state index in [9.17, 15) is 9.59 Å². The lowest BCUT2D eigenvalue weighted by molar-refractivity contribution is -0.117. The predicted molar refractivity (Wildman–Crippen MR) is 145 cm³/mol. The topological polar surface area (TPSA) is 116 Å². The monoisotopic (exact) mass is 516 g/mol. The highest BCUT2D eigenvalue weighted by molar-refractivity contribution is 5.92. The third-order valence-corrected chi connectivity index (χ3v) is 7.77. The zero-order valence-electron chi connectivity index (χ0n) is 21.9. The number of amides is 2. The number of nitrogens with zero attached hydrogens (tertiary/aromatic N) is 6. The first kappa shape index (κ1) is 25.8. The number of hydrogen-bond acceptors (Lipinski definition) is 8. The maximum Gasteiger partial charge on any atom is 0.245 e. The van der Waals surface area contributed by atoms with Crippen LogP contribution >= 0.6 is 0 Å². The Labute approximate surface area is 223 Å². The molecule has 3 aliphatic rings. The Morgan fingerprint density at radius 2 is 1.21 bits per heavy atom. The van der Waals surface area contributed by atoms with Gasteiger partial charge in [-0.05, 0) is 69.2 Å². The van der Waals surface area contributed by atoms with Crippen LogP contribution in [0.5, 0.6) is 0 Å². The molecule has 5 rings (SSSR count). The summed E-state index contributed by atoms with van der Waals surface area (Å²) in [7, 11) is 0. The maximum atomic E-state index is 12.4. The molecule has 2 aromatic heterocycles. The zero-order chi connectivity index (χ0) is 26.5. The third kappa shape index (κ3) is 6.35. The number of aromatic nitrogens is 4. The average Bonchev–Trinajstić information content (AvgIpc) is 3.52. The van der Waals surface area contributed by atoms with Gasteiger partial charge in [0, 0.05) is 36.3 Å². The summed E-state index contributed by atoms with van der Waals surface area (Å²) in [6, 6.07) is 7.59. The van der Waals surface area contributed by atoms with Gasteiger partial charge in [0.25, 0.3) is 0 Å². The lowest BCUT2D eigenvalue weighted by Gasteiger charge is -2.28. The van der Waals surface area contributed by atoms with Gasteiger partial charge in [-0.1, -0.05) is 19.6 Å². The molecule has 0 unspecified atom stereocenters. The second-order valence-electron chi connectivity index (χ2n) is 10.5. The van der Waals surface area contributed by atoms with E-state index in [0.29, 0.717) is 24.7 Å². The highest BCUT2D eigenvalue weighted by atomic mass is 16.2. The molecule has 0 aromatic carbocycles. The number of carbonyl (C=O) groups is 2. The molecule has 2 atom stereocenters. The van der Waals surface area contributed by atoms with Crippen LogP contribution in [0.15, 0.2) is 48.8 Å². The number of likely N-dealkylation sites (tertiary alicyclic amines) is 2. The van der Waals surface area contributed by atoms with E-state index >= 15 is 0 Å². The van der Waals surface area contributed by atoms with Crippen molar-refractivity contribution in [3.05, 3.63) is 60.2 Å². The largest absolute Gasteiger partial charge is 0.366 e. The molecule has 0 spiro atoms. The van der Waals surface area contributed by atoms with Gasteiger partial charge in [0.05, 0.1) is 24.5 Å². The van der Waals surface area contributed by atoms with E-state index in [1.165, 1.54) is 0 Å². The average molecular weight is 517 g/mol. The predicted octanol–water partition coefficient (Wildman–Crippen LogP) is 3.80. The normalized spacial score (nSPS) is 21.6. The van der Waals surface area contributed by atoms with Crippen LogP contribution < -0.4 is 10.6 Å². The molecule has 2 saturated heterocycles. The van der Waals surface area contributed by atoms with Crippen molar-refractivity contribution in [1.29, 1.82) is 0 Å². The number of allylic oxidation sites excluding steroid dienone is 2. The van der Waals surface area contributed by atoms with Crippen molar-refractivity contribution in [3.8, 4) is 0 Å². The summed E-state index contributed by atoms with van der Waals surface area (Å²) in [6.07, 6.45) is 8.05. The summed E-state index contributed by atoms with van der Waals surface area (Å²) < 4.78 is 0. The van der Waals surface area contributed by atoms with E-state index in [2.05, 4.69) is 44.2 Å². The first-order chi connectivity index (χ1) is 18.4. The molecule has 0 radical (unpaired) electrons. The lowest BCUT2D eigenvalue weighted by Crippen LogP contribution is -2.30. The molecule has 1 saturated carbocycles. The van der Waals surface area contributed by atoms with Crippen molar-refractivity contribution >= 4 is 23.5 Å². The van der Waals surface area contributed by atoms with Crippen LogP contribution in [0.4, 0.5) is 11.6 Å². The first-order valence-electron chi connectivity index (χ1n) is 13.6. The Hall–Kier alpha value is -3.82. The van der Waals surface area contributed by atoms with Crippen LogP contribution in [0.2, 0.25) is 0 Å². The summed E-state index contributed by atoms with van der Waals surface area (Å²) in [4.78, 5) is 28.8. The van der Waals surface area contributed by atoms with Crippen LogP contribution in [-0.4, -0.2) is 68.2 Å². The van der Waals surface area contributed by atoms with E-state index < -0.39 is 0 Å². The minimum Gasteiger partial charge on any atom is -0.366 e. The molecular weight excluding hydrogens is 480 g/mol. The maximum absolute atomic E-state index is 12.4. The molecule has 200 valence electrons. The van der Waals surface area contributed by atoms with Gasteiger partial charge >= 0.3 is 0 Å². The SMILES string of the molecule is C=C1CCCN1CC(=O)Nc1ccc([C@H]2CCC[C@H](c3ccc(NC(=O)CN4CCCC4=C)nn3)C2)nn1. The molecule has 1 aliphatic carbocycles. The summed E-state index contributed by atoms with van der Waals surface area (Å²) in [5.74, 6) is 1.27. The van der Waals surface area contributed by atoms with Crippen LogP contribution in [-0.2, 0) is 9.59 Å². The smallest absolute Gasteiger partial charge is 0.245 e. The van der Waals surface area contributed by atoms with Gasteiger partial charge in [0.1, 0.15) is 0 Å². The minimum atomic E-state index is -0.104. The molecule has 3 fully saturated rings. The number of nitrogens with one attached hydrogen (secondary N) is 2. The summed E-state index contributed by atoms with van der Waals surface area (Å²) in [6.45, 7) is 10.4. The fraction of sp³-hybridized carbons (Fsp3) is 0.500. The van der Waals surface area contributed by atoms with Gasteiger partial charge in [-0.2, -0.15) is 10.2 Å². The van der Waals surface area contributed by atoms with Gasteiger partial charge in [-0.25, -0.2) is 0 Å². The van der Waals surface area contributed by atoms with Crippen LogP contribution in [0.25, 0.3) is 0 Å². The fourth-order valence-corrected chi connectivity index (χ4v) is 5.65. The third-order valence-electron chi connectivity index (χ3n) is 7.77. The zero-order valence-corrected chi connectivity index (χ0v) is 21.9. The van der Waals surface area contributed by atoms with Gasteiger partial charge in [-0.3, -0.25) is 9.59 Å². The Morgan fingerprint density at radius 3 is 1.58 bits per heavy atom. The van der Waals surface area contributed by atoms with Crippen molar-refractivity contribution < 1.29 is 9.59 Å². The molecule has 2 aromatic rings. The molecular formula is C28H36N8O2. The molecule has 2 amide bonds. The van der Waals surface area contributed by atoms with E-state index in [4.69, 9.17) is 0 Å². The standard InChI is InChI=1S/C28H36N8O2/c1-19-6-4-14-35(19)17-27(37)29-25-12-10-23(31-33-25)21-8-3-9-22(16-21)24-11-13-26(34-32-24)30-28(38)18-36-15-5-7-20(36)2/h10-13,21-22H,1-9,14-18H2,(H,29,33,37)(H,30,34,38)/t21-,22-/m0/s1. The molecule has 4 heterocycles. The summed E-state index contributed by atoms with van der Waals surface area (Å²) in [5.41, 5.74) is 3.89. The summed E-state index contributed by atoms with van der Waals surface area (Å²) in [5, 5.41) is 23.1. The van der Waals surface area contributed by atoms with Gasteiger partial charge in [-0.15, -0.1) is 10.2 Å². The van der Waals surface area contributed by atoms with Crippen LogP contribution in [0.3, 0.4) is 0 Å².